The van der Waals surface area contributed by atoms with E-state index >= 15 is 0 Å². The number of carbonyl (C=O) groups excluding carboxylic acids is 1. The first-order valence-electron chi connectivity index (χ1n) is 9.24. The number of hydrogen-bond donors (Lipinski definition) is 3. The fourth-order valence-corrected chi connectivity index (χ4v) is 2.90. The van der Waals surface area contributed by atoms with Crippen LogP contribution in [0.15, 0.2) is 55.0 Å². The highest BCUT2D eigenvalue weighted by Crippen LogP contribution is 2.20. The molecule has 4 rings (SSSR count). The number of anilines is 1. The zero-order valence-corrected chi connectivity index (χ0v) is 17.0. The van der Waals surface area contributed by atoms with Crippen molar-refractivity contribution in [3.63, 3.8) is 0 Å². The van der Waals surface area contributed by atoms with Crippen molar-refractivity contribution in [2.45, 2.75) is 13.5 Å². The molecule has 0 saturated heterocycles. The minimum Gasteiger partial charge on any atom is -0.508 e. The molecular weight excluding hydrogens is 402 g/mol. The van der Waals surface area contributed by atoms with Crippen molar-refractivity contribution in [2.24, 2.45) is 0 Å². The third-order valence-corrected chi connectivity index (χ3v) is 4.82. The second-order valence-corrected chi connectivity index (χ2v) is 7.02. The molecule has 0 spiro atoms. The van der Waals surface area contributed by atoms with E-state index in [1.54, 1.807) is 47.4 Å². The predicted octanol–water partition coefficient (Wildman–Crippen LogP) is 3.34. The zero-order valence-electron chi connectivity index (χ0n) is 16.1. The maximum absolute atomic E-state index is 12.0. The van der Waals surface area contributed by atoms with E-state index < -0.39 is 0 Å². The molecular formula is C20H19N7O2S. The Hall–Kier alpha value is -3.66. The second kappa shape index (κ2) is 8.37. The van der Waals surface area contributed by atoms with E-state index in [0.29, 0.717) is 35.8 Å². The number of thiol groups is 1. The molecule has 0 saturated carbocycles. The van der Waals surface area contributed by atoms with Gasteiger partial charge < -0.3 is 5.11 Å². The summed E-state index contributed by atoms with van der Waals surface area (Å²) in [6.45, 7) is 2.79. The molecule has 9 nitrogen and oxygen atoms in total. The molecule has 152 valence electrons. The Labute approximate surface area is 178 Å². The van der Waals surface area contributed by atoms with Crippen LogP contribution in [-0.4, -0.2) is 46.7 Å². The number of nitrogens with one attached hydrogen (secondary N) is 1. The lowest BCUT2D eigenvalue weighted by Gasteiger charge is -2.13. The Balaban J connectivity index is 1.57. The van der Waals surface area contributed by atoms with Crippen LogP contribution in [0.2, 0.25) is 0 Å². The SMILES string of the molecule is CCN(S)C(=O)Nc1ccc2ncc(-c3cnn(Cc4cccc(O)c4)c3)nc2n1. The standard InChI is InChI=1S/C20H19N7O2S/c1-2-27(30)20(29)25-18-7-6-16-19(24-18)23-17(10-21-16)14-9-22-26(12-14)11-13-4-3-5-15(28)8-13/h3-10,12,28,30H,2,11H2,1H3,(H,23,24,25,29). The number of nitrogens with zero attached hydrogens (tertiary/aromatic N) is 6. The van der Waals surface area contributed by atoms with Gasteiger partial charge in [0, 0.05) is 18.3 Å². The number of carbonyl (C=O) groups is 1. The first-order valence-corrected chi connectivity index (χ1v) is 9.64. The third-order valence-electron chi connectivity index (χ3n) is 4.36. The highest BCUT2D eigenvalue weighted by Gasteiger charge is 2.11. The molecule has 0 radical (unpaired) electrons. The Morgan fingerprint density at radius 1 is 1.23 bits per heavy atom. The molecule has 10 heteroatoms. The molecule has 0 fully saturated rings. The Kier molecular flexibility index (Phi) is 5.48. The molecule has 0 atom stereocenters. The van der Waals surface area contributed by atoms with Crippen LogP contribution in [-0.2, 0) is 6.54 Å². The Morgan fingerprint density at radius 3 is 2.90 bits per heavy atom. The number of amides is 2. The molecule has 0 unspecified atom stereocenters. The summed E-state index contributed by atoms with van der Waals surface area (Å²) in [7, 11) is 0. The van der Waals surface area contributed by atoms with Crippen molar-refractivity contribution >= 4 is 35.8 Å². The molecule has 1 aromatic carbocycles. The smallest absolute Gasteiger partial charge is 0.332 e. The number of phenols is 1. The molecule has 2 amide bonds. The van der Waals surface area contributed by atoms with E-state index in [1.165, 1.54) is 4.31 Å². The average molecular weight is 421 g/mol. The molecule has 0 bridgehead atoms. The van der Waals surface area contributed by atoms with Gasteiger partial charge in [-0.05, 0) is 36.8 Å². The maximum Gasteiger partial charge on any atom is 0.332 e. The number of aromatic hydroxyl groups is 1. The topological polar surface area (TPSA) is 109 Å². The highest BCUT2D eigenvalue weighted by molar-refractivity contribution is 7.78. The van der Waals surface area contributed by atoms with Gasteiger partial charge in [0.2, 0.25) is 0 Å². The number of hydrogen-bond acceptors (Lipinski definition) is 7. The number of pyridine rings is 1. The van der Waals surface area contributed by atoms with Gasteiger partial charge in [0.05, 0.1) is 24.6 Å². The predicted molar refractivity (Wildman–Crippen MR) is 116 cm³/mol. The van der Waals surface area contributed by atoms with Crippen LogP contribution in [0.5, 0.6) is 5.75 Å². The Bertz CT molecular complexity index is 1210. The van der Waals surface area contributed by atoms with Gasteiger partial charge in [-0.1, -0.05) is 24.9 Å². The molecule has 30 heavy (non-hydrogen) atoms. The first-order chi connectivity index (χ1) is 14.5. The molecule has 3 aromatic heterocycles. The second-order valence-electron chi connectivity index (χ2n) is 6.54. The average Bonchev–Trinajstić information content (AvgIpc) is 3.21. The first kappa shape index (κ1) is 19.6. The van der Waals surface area contributed by atoms with Gasteiger partial charge in [-0.25, -0.2) is 14.8 Å². The monoisotopic (exact) mass is 421 g/mol. The van der Waals surface area contributed by atoms with Crippen molar-refractivity contribution in [3.8, 4) is 17.0 Å². The van der Waals surface area contributed by atoms with Gasteiger partial charge in [0.15, 0.2) is 5.65 Å². The van der Waals surface area contributed by atoms with Crippen LogP contribution in [0.25, 0.3) is 22.4 Å². The van der Waals surface area contributed by atoms with Crippen LogP contribution in [0, 0.1) is 0 Å². The van der Waals surface area contributed by atoms with E-state index in [9.17, 15) is 9.90 Å². The fourth-order valence-electron chi connectivity index (χ4n) is 2.85. The largest absolute Gasteiger partial charge is 0.508 e. The van der Waals surface area contributed by atoms with E-state index in [4.69, 9.17) is 0 Å². The molecule has 2 N–H and O–H groups in total. The number of fused-ring (bicyclic) bond motifs is 1. The summed E-state index contributed by atoms with van der Waals surface area (Å²) in [6, 6.07) is 10.1. The van der Waals surface area contributed by atoms with E-state index in [2.05, 4.69) is 38.2 Å². The zero-order chi connectivity index (χ0) is 21.1. The lowest BCUT2D eigenvalue weighted by Crippen LogP contribution is -2.27. The minimum absolute atomic E-state index is 0.217. The molecule has 3 heterocycles. The number of rotatable bonds is 5. The summed E-state index contributed by atoms with van der Waals surface area (Å²) in [4.78, 5) is 25.3. The lowest BCUT2D eigenvalue weighted by molar-refractivity contribution is 0.240. The third kappa shape index (κ3) is 4.33. The van der Waals surface area contributed by atoms with Gasteiger partial charge in [0.1, 0.15) is 17.1 Å². The summed E-state index contributed by atoms with van der Waals surface area (Å²) in [6.07, 6.45) is 5.21. The van der Waals surface area contributed by atoms with Crippen LogP contribution in [0.3, 0.4) is 0 Å². The summed E-state index contributed by atoms with van der Waals surface area (Å²) < 4.78 is 3.00. The lowest BCUT2D eigenvalue weighted by atomic mass is 10.2. The summed E-state index contributed by atoms with van der Waals surface area (Å²) in [5.41, 5.74) is 3.36. The maximum atomic E-state index is 12.0. The van der Waals surface area contributed by atoms with Crippen LogP contribution >= 0.6 is 12.8 Å². The van der Waals surface area contributed by atoms with Gasteiger partial charge in [-0.3, -0.25) is 19.3 Å². The Morgan fingerprint density at radius 2 is 2.10 bits per heavy atom. The van der Waals surface area contributed by atoms with E-state index in [1.807, 2.05) is 19.2 Å². The quantitative estimate of drug-likeness (QED) is 0.427. The molecule has 0 aliphatic heterocycles. The van der Waals surface area contributed by atoms with Gasteiger partial charge >= 0.3 is 6.03 Å². The summed E-state index contributed by atoms with van der Waals surface area (Å²) in [5.74, 6) is 0.584. The van der Waals surface area contributed by atoms with Crippen molar-refractivity contribution < 1.29 is 9.90 Å². The molecule has 4 aromatic rings. The van der Waals surface area contributed by atoms with Crippen molar-refractivity contribution in [3.05, 3.63) is 60.6 Å². The number of urea groups is 1. The minimum atomic E-state index is -0.370. The highest BCUT2D eigenvalue weighted by atomic mass is 32.1. The van der Waals surface area contributed by atoms with Crippen LogP contribution in [0.1, 0.15) is 12.5 Å². The van der Waals surface area contributed by atoms with Crippen molar-refractivity contribution in [1.29, 1.82) is 0 Å². The number of benzene rings is 1. The van der Waals surface area contributed by atoms with Crippen molar-refractivity contribution in [2.75, 3.05) is 11.9 Å². The molecule has 0 aliphatic rings. The summed E-state index contributed by atoms with van der Waals surface area (Å²) in [5, 5.41) is 16.6. The number of phenolic OH excluding ortho intramolecular Hbond substituents is 1. The van der Waals surface area contributed by atoms with E-state index in [-0.39, 0.29) is 11.8 Å². The van der Waals surface area contributed by atoms with Crippen molar-refractivity contribution in [1.82, 2.24) is 29.0 Å². The van der Waals surface area contributed by atoms with Crippen LogP contribution < -0.4 is 5.32 Å². The number of aromatic nitrogens is 5. The molecule has 0 aliphatic carbocycles. The van der Waals surface area contributed by atoms with E-state index in [0.717, 1.165) is 11.1 Å². The fraction of sp³-hybridized carbons (Fsp3) is 0.150. The summed E-state index contributed by atoms with van der Waals surface area (Å²) >= 11 is 4.08. The normalized spacial score (nSPS) is 10.9. The van der Waals surface area contributed by atoms with Crippen LogP contribution in [0.4, 0.5) is 10.6 Å². The van der Waals surface area contributed by atoms with Gasteiger partial charge in [0.25, 0.3) is 0 Å². The van der Waals surface area contributed by atoms with Gasteiger partial charge in [-0.2, -0.15) is 5.10 Å². The van der Waals surface area contributed by atoms with Gasteiger partial charge in [-0.15, -0.1) is 0 Å².